The van der Waals surface area contributed by atoms with Gasteiger partial charge < -0.3 is 40.3 Å². The van der Waals surface area contributed by atoms with Gasteiger partial charge in [0.05, 0.1) is 5.97 Å². The fourth-order valence-electron chi connectivity index (χ4n) is 0.684. The Kier molecular flexibility index (Phi) is 9.86. The summed E-state index contributed by atoms with van der Waals surface area (Å²) in [4.78, 5) is 30.0. The Hall–Kier alpha value is -0.787. The third-order valence-corrected chi connectivity index (χ3v) is 1.25. The maximum Gasteiger partial charge on any atom is 3.00 e. The van der Waals surface area contributed by atoms with E-state index < -0.39 is 36.4 Å². The van der Waals surface area contributed by atoms with Crippen molar-refractivity contribution >= 4 is 44.1 Å². The molecule has 2 N–H and O–H groups in total. The molecule has 0 amide bonds. The van der Waals surface area contributed by atoms with Gasteiger partial charge in [-0.25, -0.2) is 0 Å². The third-order valence-electron chi connectivity index (χ3n) is 1.25. The molecule has 0 aliphatic rings. The Labute approximate surface area is 103 Å². The van der Waals surface area contributed by atoms with E-state index in [0.717, 1.165) is 0 Å². The Morgan fingerprint density at radius 2 is 1.27 bits per heavy atom. The van der Waals surface area contributed by atoms with Crippen molar-refractivity contribution in [3.63, 3.8) is 0 Å². The van der Waals surface area contributed by atoms with Crippen LogP contribution in [0.15, 0.2) is 0 Å². The summed E-state index contributed by atoms with van der Waals surface area (Å²) in [6, 6.07) is 0. The van der Waals surface area contributed by atoms with Crippen molar-refractivity contribution in [1.29, 1.82) is 0 Å². The number of hydrogen-bond donors (Lipinski definition) is 1. The van der Waals surface area contributed by atoms with Crippen molar-refractivity contribution < 1.29 is 40.3 Å². The van der Waals surface area contributed by atoms with Crippen LogP contribution in [-0.2, 0) is 14.4 Å². The van der Waals surface area contributed by atoms with E-state index in [-0.39, 0.29) is 31.7 Å². The molecule has 84 valence electrons. The molecule has 9 heteroatoms. The summed E-state index contributed by atoms with van der Waals surface area (Å²) in [6.07, 6.45) is -2.72. The summed E-state index contributed by atoms with van der Waals surface area (Å²) >= 11 is 0. The summed E-state index contributed by atoms with van der Waals surface area (Å²) in [5, 5.41) is 38.9. The van der Waals surface area contributed by atoms with Crippen molar-refractivity contribution in [2.45, 2.75) is 18.4 Å². The SMILES string of the molecule is O=C([O-])CC(O)(CC(=O)[O-])C(=O)[O-].[Bi+3].[OH-]. The zero-order valence-electron chi connectivity index (χ0n) is 7.21. The van der Waals surface area contributed by atoms with Gasteiger partial charge in [-0.05, 0) is 0 Å². The van der Waals surface area contributed by atoms with Crippen LogP contribution in [0.5, 0.6) is 0 Å². The number of hydrogen-bond acceptors (Lipinski definition) is 8. The molecule has 0 aromatic carbocycles. The molecule has 0 aromatic heterocycles. The number of aliphatic carboxylic acids is 3. The van der Waals surface area contributed by atoms with Gasteiger partial charge in [-0.1, -0.05) is 0 Å². The second-order valence-electron chi connectivity index (χ2n) is 2.42. The number of carboxylic acids is 3. The quantitative estimate of drug-likeness (QED) is 0.433. The van der Waals surface area contributed by atoms with Crippen LogP contribution in [0.25, 0.3) is 0 Å². The Balaban J connectivity index is -0.000000720. The van der Waals surface area contributed by atoms with E-state index >= 15 is 0 Å². The van der Waals surface area contributed by atoms with Crippen LogP contribution in [0.2, 0.25) is 0 Å². The van der Waals surface area contributed by atoms with Crippen LogP contribution in [0.1, 0.15) is 12.8 Å². The van der Waals surface area contributed by atoms with Crippen molar-refractivity contribution in [2.75, 3.05) is 0 Å². The number of carboxylic acid groups (broad SMARTS) is 3. The molecule has 0 spiro atoms. The molecule has 0 saturated heterocycles. The van der Waals surface area contributed by atoms with Crippen LogP contribution >= 0.6 is 0 Å². The van der Waals surface area contributed by atoms with Crippen LogP contribution in [0.3, 0.4) is 0 Å². The van der Waals surface area contributed by atoms with E-state index in [4.69, 9.17) is 5.11 Å². The molecule has 8 nitrogen and oxygen atoms in total. The molecule has 0 aliphatic heterocycles. The summed E-state index contributed by atoms with van der Waals surface area (Å²) in [5.74, 6) is -5.98. The van der Waals surface area contributed by atoms with Crippen molar-refractivity contribution in [2.24, 2.45) is 0 Å². The summed E-state index contributed by atoms with van der Waals surface area (Å²) in [7, 11) is 0. The molecule has 0 atom stereocenters. The van der Waals surface area contributed by atoms with Crippen LogP contribution in [0, 0.1) is 0 Å². The van der Waals surface area contributed by atoms with Gasteiger partial charge in [-0.2, -0.15) is 0 Å². The van der Waals surface area contributed by atoms with Crippen LogP contribution in [0.4, 0.5) is 0 Å². The topological polar surface area (TPSA) is 171 Å². The average molecular weight is 415 g/mol. The number of aliphatic hydroxyl groups is 1. The van der Waals surface area contributed by atoms with Gasteiger partial charge in [0.15, 0.2) is 0 Å². The summed E-state index contributed by atoms with van der Waals surface area (Å²) < 4.78 is 0. The zero-order chi connectivity index (χ0) is 10.6. The van der Waals surface area contributed by atoms with Crippen LogP contribution in [-0.4, -0.2) is 60.3 Å². The molecule has 0 fully saturated rings. The maximum atomic E-state index is 10.1. The first-order chi connectivity index (χ1) is 5.78. The smallest absolute Gasteiger partial charge is 0.870 e. The van der Waals surface area contributed by atoms with Gasteiger partial charge in [0.1, 0.15) is 5.60 Å². The van der Waals surface area contributed by atoms with E-state index in [9.17, 15) is 29.7 Å². The standard InChI is InChI=1S/C6H8O7.Bi.H2O/c7-3(8)1-6(13,5(11)12)2-4(9)10;;/h13H,1-2H2,(H,7,8)(H,9,10)(H,11,12);;1H2/q;+3;/p-4. The van der Waals surface area contributed by atoms with Gasteiger partial charge in [-0.3, -0.25) is 0 Å². The first-order valence-electron chi connectivity index (χ1n) is 3.11. The van der Waals surface area contributed by atoms with Gasteiger partial charge in [-0.15, -0.1) is 0 Å². The number of rotatable bonds is 5. The predicted octanol–water partition coefficient (Wildman–Crippen LogP) is -5.81. The van der Waals surface area contributed by atoms with Gasteiger partial charge in [0, 0.05) is 24.8 Å². The van der Waals surface area contributed by atoms with E-state index in [1.807, 2.05) is 0 Å². The first kappa shape index (κ1) is 19.7. The molecule has 0 unspecified atom stereocenters. The zero-order valence-corrected chi connectivity index (χ0v) is 10.7. The van der Waals surface area contributed by atoms with Crippen LogP contribution < -0.4 is 15.3 Å². The van der Waals surface area contributed by atoms with Crippen molar-refractivity contribution in [3.8, 4) is 0 Å². The Bertz CT molecular complexity index is 234. The van der Waals surface area contributed by atoms with E-state index in [1.165, 1.54) is 0 Å². The molecule has 0 heterocycles. The Morgan fingerprint density at radius 3 is 1.40 bits per heavy atom. The maximum absolute atomic E-state index is 10.1. The number of carbonyl (C=O) groups excluding carboxylic acids is 3. The molecule has 0 saturated carbocycles. The largest absolute Gasteiger partial charge is 3.00 e. The fourth-order valence-corrected chi connectivity index (χ4v) is 0.684. The molecule has 2 radical (unpaired) electrons. The minimum Gasteiger partial charge on any atom is -0.870 e. The average Bonchev–Trinajstić information content (AvgIpc) is 1.82. The predicted molar refractivity (Wildman–Crippen MR) is 36.9 cm³/mol. The van der Waals surface area contributed by atoms with E-state index in [0.29, 0.717) is 0 Å². The second-order valence-corrected chi connectivity index (χ2v) is 2.42. The monoisotopic (exact) mass is 415 g/mol. The van der Waals surface area contributed by atoms with Gasteiger partial charge in [0.2, 0.25) is 0 Å². The molecular formula is C6H6BiO8-. The fraction of sp³-hybridized carbons (Fsp3) is 0.500. The van der Waals surface area contributed by atoms with Crippen molar-refractivity contribution in [1.82, 2.24) is 0 Å². The first-order valence-corrected chi connectivity index (χ1v) is 3.11. The number of carbonyl (C=O) groups is 3. The molecule has 0 rings (SSSR count). The third kappa shape index (κ3) is 7.18. The molecule has 15 heavy (non-hydrogen) atoms. The normalized spacial score (nSPS) is 9.40. The molecule has 0 aliphatic carbocycles. The molecule has 0 aromatic rings. The minimum atomic E-state index is -2.97. The summed E-state index contributed by atoms with van der Waals surface area (Å²) in [6.45, 7) is 0. The second kappa shape index (κ2) is 7.50. The van der Waals surface area contributed by atoms with Gasteiger partial charge >= 0.3 is 26.2 Å². The Morgan fingerprint density at radius 1 is 1.00 bits per heavy atom. The van der Waals surface area contributed by atoms with E-state index in [1.54, 1.807) is 0 Å². The summed E-state index contributed by atoms with van der Waals surface area (Å²) in [5.41, 5.74) is -2.97. The molecule has 0 bridgehead atoms. The van der Waals surface area contributed by atoms with E-state index in [2.05, 4.69) is 0 Å². The minimum absolute atomic E-state index is 0. The van der Waals surface area contributed by atoms with Gasteiger partial charge in [0.25, 0.3) is 0 Å². The van der Waals surface area contributed by atoms with Crippen molar-refractivity contribution in [3.05, 3.63) is 0 Å². The molecular weight excluding hydrogens is 409 g/mol.